The fourth-order valence-corrected chi connectivity index (χ4v) is 1.32. The summed E-state index contributed by atoms with van der Waals surface area (Å²) >= 11 is 3.36. The highest BCUT2D eigenvalue weighted by Crippen LogP contribution is 2.14. The lowest BCUT2D eigenvalue weighted by molar-refractivity contribution is -0.117. The van der Waals surface area contributed by atoms with Crippen molar-refractivity contribution in [2.45, 2.75) is 13.3 Å². The summed E-state index contributed by atoms with van der Waals surface area (Å²) in [7, 11) is 0. The number of halogens is 1. The Balaban J connectivity index is 2.88. The van der Waals surface area contributed by atoms with Gasteiger partial charge >= 0.3 is 0 Å². The van der Waals surface area contributed by atoms with Crippen molar-refractivity contribution in [1.29, 1.82) is 0 Å². The maximum absolute atomic E-state index is 10.5. The van der Waals surface area contributed by atoms with Crippen LogP contribution < -0.4 is 5.73 Å². The number of hydrogen-bond acceptors (Lipinski definition) is 1. The largest absolute Gasteiger partial charge is 0.369 e. The van der Waals surface area contributed by atoms with Crippen LogP contribution in [0.15, 0.2) is 22.7 Å². The lowest BCUT2D eigenvalue weighted by Crippen LogP contribution is -2.08. The second kappa shape index (κ2) is 4.83. The Hall–Kier alpha value is -1.27. The average molecular weight is 252 g/mol. The molecule has 0 aliphatic rings. The number of benzene rings is 1. The lowest BCUT2D eigenvalue weighted by Gasteiger charge is -1.97. The van der Waals surface area contributed by atoms with Crippen molar-refractivity contribution in [3.05, 3.63) is 33.8 Å². The molecule has 1 rings (SSSR count). The molecule has 0 saturated carbocycles. The topological polar surface area (TPSA) is 43.1 Å². The number of amides is 1. The number of nitrogens with two attached hydrogens (primary N) is 1. The first-order valence-corrected chi connectivity index (χ1v) is 4.92. The third kappa shape index (κ3) is 3.23. The summed E-state index contributed by atoms with van der Waals surface area (Å²) in [6.07, 6.45) is 0.103. The molecule has 0 spiro atoms. The average Bonchev–Trinajstić information content (AvgIpc) is 2.10. The van der Waals surface area contributed by atoms with E-state index >= 15 is 0 Å². The molecule has 2 N–H and O–H groups in total. The fourth-order valence-electron chi connectivity index (χ4n) is 0.955. The van der Waals surface area contributed by atoms with Crippen molar-refractivity contribution in [3.63, 3.8) is 0 Å². The smallest absolute Gasteiger partial charge is 0.229 e. The van der Waals surface area contributed by atoms with Crippen molar-refractivity contribution in [2.75, 3.05) is 0 Å². The Kier molecular flexibility index (Phi) is 3.73. The molecular weight excluding hydrogens is 242 g/mol. The van der Waals surface area contributed by atoms with Crippen LogP contribution >= 0.6 is 15.9 Å². The van der Waals surface area contributed by atoms with Gasteiger partial charge in [-0.05, 0) is 24.6 Å². The zero-order valence-electron chi connectivity index (χ0n) is 7.80. The molecule has 0 aliphatic carbocycles. The second-order valence-electron chi connectivity index (χ2n) is 2.90. The van der Waals surface area contributed by atoms with Gasteiger partial charge in [-0.25, -0.2) is 0 Å². The summed E-state index contributed by atoms with van der Waals surface area (Å²) in [5.41, 5.74) is 6.98. The van der Waals surface area contributed by atoms with Crippen LogP contribution in [0.5, 0.6) is 0 Å². The standard InChI is InChI=1S/C11H10BrNO/c1-8-5-6-10(12)7-9(8)3-2-4-11(13)14/h5-7H,4H2,1H3,(H2,13,14). The summed E-state index contributed by atoms with van der Waals surface area (Å²) in [6.45, 7) is 1.97. The van der Waals surface area contributed by atoms with E-state index in [0.717, 1.165) is 15.6 Å². The Morgan fingerprint density at radius 2 is 2.29 bits per heavy atom. The zero-order chi connectivity index (χ0) is 10.6. The van der Waals surface area contributed by atoms with Crippen LogP contribution in [-0.4, -0.2) is 5.91 Å². The van der Waals surface area contributed by atoms with Gasteiger partial charge in [-0.1, -0.05) is 33.8 Å². The van der Waals surface area contributed by atoms with Crippen molar-refractivity contribution >= 4 is 21.8 Å². The molecule has 2 nitrogen and oxygen atoms in total. The van der Waals surface area contributed by atoms with Crippen molar-refractivity contribution in [3.8, 4) is 11.8 Å². The summed E-state index contributed by atoms with van der Waals surface area (Å²) in [5, 5.41) is 0. The van der Waals surface area contributed by atoms with Crippen LogP contribution in [0, 0.1) is 18.8 Å². The second-order valence-corrected chi connectivity index (χ2v) is 3.82. The predicted octanol–water partition coefficient (Wildman–Crippen LogP) is 1.98. The molecule has 0 saturated heterocycles. The Labute approximate surface area is 91.6 Å². The first-order valence-electron chi connectivity index (χ1n) is 4.13. The van der Waals surface area contributed by atoms with Crippen molar-refractivity contribution in [1.82, 2.24) is 0 Å². The SMILES string of the molecule is Cc1ccc(Br)cc1C#CCC(N)=O. The van der Waals surface area contributed by atoms with Crippen LogP contribution in [0.1, 0.15) is 17.5 Å². The molecule has 1 aromatic carbocycles. The molecule has 0 radical (unpaired) electrons. The van der Waals surface area contributed by atoms with E-state index < -0.39 is 5.91 Å². The van der Waals surface area contributed by atoms with Gasteiger partial charge in [0.1, 0.15) is 0 Å². The molecule has 72 valence electrons. The van der Waals surface area contributed by atoms with Gasteiger partial charge in [-0.3, -0.25) is 4.79 Å². The number of carbonyl (C=O) groups is 1. The van der Waals surface area contributed by atoms with Gasteiger partial charge in [0.25, 0.3) is 0 Å². The van der Waals surface area contributed by atoms with Gasteiger partial charge < -0.3 is 5.73 Å². The molecule has 1 amide bonds. The minimum Gasteiger partial charge on any atom is -0.369 e. The first kappa shape index (κ1) is 10.8. The zero-order valence-corrected chi connectivity index (χ0v) is 9.39. The van der Waals surface area contributed by atoms with Gasteiger partial charge in [0, 0.05) is 10.0 Å². The van der Waals surface area contributed by atoms with Gasteiger partial charge in [-0.2, -0.15) is 0 Å². The quantitative estimate of drug-likeness (QED) is 0.763. The Morgan fingerprint density at radius 1 is 1.57 bits per heavy atom. The normalized spacial score (nSPS) is 9.00. The number of primary amides is 1. The number of carbonyl (C=O) groups excluding carboxylic acids is 1. The van der Waals surface area contributed by atoms with E-state index in [4.69, 9.17) is 5.73 Å². The number of hydrogen-bond donors (Lipinski definition) is 1. The van der Waals surface area contributed by atoms with Crippen LogP contribution in [0.2, 0.25) is 0 Å². The maximum Gasteiger partial charge on any atom is 0.229 e. The summed E-state index contributed by atoms with van der Waals surface area (Å²) in [4.78, 5) is 10.5. The lowest BCUT2D eigenvalue weighted by atomic mass is 10.1. The molecule has 14 heavy (non-hydrogen) atoms. The van der Waals surface area contributed by atoms with E-state index in [9.17, 15) is 4.79 Å². The number of aryl methyl sites for hydroxylation is 1. The molecule has 0 aromatic heterocycles. The number of rotatable bonds is 1. The maximum atomic E-state index is 10.5. The van der Waals surface area contributed by atoms with E-state index in [2.05, 4.69) is 27.8 Å². The Bertz CT molecular complexity index is 415. The monoisotopic (exact) mass is 251 g/mol. The third-order valence-electron chi connectivity index (χ3n) is 1.69. The van der Waals surface area contributed by atoms with Crippen LogP contribution in [0.25, 0.3) is 0 Å². The van der Waals surface area contributed by atoms with Gasteiger partial charge in [0.2, 0.25) is 5.91 Å². The molecule has 0 heterocycles. The fraction of sp³-hybridized carbons (Fsp3) is 0.182. The molecule has 0 fully saturated rings. The molecule has 0 aliphatic heterocycles. The molecule has 0 bridgehead atoms. The van der Waals surface area contributed by atoms with Gasteiger partial charge in [-0.15, -0.1) is 0 Å². The predicted molar refractivity (Wildman–Crippen MR) is 59.6 cm³/mol. The van der Waals surface area contributed by atoms with E-state index in [1.54, 1.807) is 0 Å². The minimum absolute atomic E-state index is 0.103. The van der Waals surface area contributed by atoms with E-state index in [1.165, 1.54) is 0 Å². The van der Waals surface area contributed by atoms with Gasteiger partial charge in [0.05, 0.1) is 6.42 Å². The van der Waals surface area contributed by atoms with Crippen LogP contribution in [0.4, 0.5) is 0 Å². The van der Waals surface area contributed by atoms with Crippen LogP contribution in [0.3, 0.4) is 0 Å². The first-order chi connectivity index (χ1) is 6.59. The van der Waals surface area contributed by atoms with Crippen molar-refractivity contribution < 1.29 is 4.79 Å². The van der Waals surface area contributed by atoms with Gasteiger partial charge in [0.15, 0.2) is 0 Å². The molecular formula is C11H10BrNO. The van der Waals surface area contributed by atoms with E-state index in [0.29, 0.717) is 0 Å². The minimum atomic E-state index is -0.398. The molecule has 3 heteroatoms. The van der Waals surface area contributed by atoms with Crippen molar-refractivity contribution in [2.24, 2.45) is 5.73 Å². The highest BCUT2D eigenvalue weighted by Gasteiger charge is 1.95. The Morgan fingerprint density at radius 3 is 2.93 bits per heavy atom. The molecule has 0 unspecified atom stereocenters. The summed E-state index contributed by atoms with van der Waals surface area (Å²) in [6, 6.07) is 5.84. The molecule has 0 atom stereocenters. The third-order valence-corrected chi connectivity index (χ3v) is 2.18. The molecule has 1 aromatic rings. The highest BCUT2D eigenvalue weighted by atomic mass is 79.9. The van der Waals surface area contributed by atoms with Crippen LogP contribution in [-0.2, 0) is 4.79 Å². The van der Waals surface area contributed by atoms with E-state index in [-0.39, 0.29) is 6.42 Å². The highest BCUT2D eigenvalue weighted by molar-refractivity contribution is 9.10. The summed E-state index contributed by atoms with van der Waals surface area (Å²) < 4.78 is 0.978. The van der Waals surface area contributed by atoms with E-state index in [1.807, 2.05) is 25.1 Å². The summed E-state index contributed by atoms with van der Waals surface area (Å²) in [5.74, 6) is 5.23.